The molecule has 19 heavy (non-hydrogen) atoms. The van der Waals surface area contributed by atoms with Crippen LogP contribution in [0.25, 0.3) is 0 Å². The number of nitrogens with zero attached hydrogens (tertiary/aromatic N) is 1. The Morgan fingerprint density at radius 3 is 2.63 bits per heavy atom. The van der Waals surface area contributed by atoms with Gasteiger partial charge in [-0.05, 0) is 44.3 Å². The molecule has 3 N–H and O–H groups in total. The van der Waals surface area contributed by atoms with Crippen molar-refractivity contribution in [2.75, 3.05) is 31.5 Å². The number of benzene rings is 1. The van der Waals surface area contributed by atoms with E-state index in [2.05, 4.69) is 40.0 Å². The molecule has 3 nitrogen and oxygen atoms in total. The van der Waals surface area contributed by atoms with Gasteiger partial charge in [0.25, 0.3) is 0 Å². The van der Waals surface area contributed by atoms with Gasteiger partial charge < -0.3 is 16.0 Å². The topological polar surface area (TPSA) is 41.3 Å². The van der Waals surface area contributed by atoms with Crippen LogP contribution in [0.4, 0.5) is 5.69 Å². The molecule has 1 aromatic carbocycles. The van der Waals surface area contributed by atoms with E-state index in [0.717, 1.165) is 48.3 Å². The summed E-state index contributed by atoms with van der Waals surface area (Å²) in [6.07, 6.45) is 1.10. The Labute approximate surface area is 129 Å². The summed E-state index contributed by atoms with van der Waals surface area (Å²) in [4.78, 5) is 2.84. The Hall–Kier alpha value is -0.650. The first-order valence-corrected chi connectivity index (χ1v) is 7.84. The minimum atomic E-state index is 0.429. The minimum absolute atomic E-state index is 0.429. The largest absolute Gasteiger partial charge is 0.389 e. The molecule has 1 aromatic rings. The fourth-order valence-electron chi connectivity index (χ4n) is 1.94. The summed E-state index contributed by atoms with van der Waals surface area (Å²) < 4.78 is 1.03. The van der Waals surface area contributed by atoms with Crippen LogP contribution in [0.15, 0.2) is 22.7 Å². The molecule has 0 bridgehead atoms. The van der Waals surface area contributed by atoms with Crippen molar-refractivity contribution in [2.45, 2.75) is 20.3 Å². The molecule has 0 atom stereocenters. The van der Waals surface area contributed by atoms with E-state index in [1.807, 2.05) is 18.2 Å². The summed E-state index contributed by atoms with van der Waals surface area (Å²) in [5.74, 6) is 0. The summed E-state index contributed by atoms with van der Waals surface area (Å²) in [5.41, 5.74) is 7.63. The quantitative estimate of drug-likeness (QED) is 0.561. The molecular formula is C14H22BrN3S. The Bertz CT molecular complexity index is 419. The lowest BCUT2D eigenvalue weighted by molar-refractivity contribution is 0.303. The van der Waals surface area contributed by atoms with Gasteiger partial charge in [-0.25, -0.2) is 0 Å². The van der Waals surface area contributed by atoms with E-state index in [4.69, 9.17) is 18.0 Å². The predicted molar refractivity (Wildman–Crippen MR) is 90.9 cm³/mol. The van der Waals surface area contributed by atoms with E-state index >= 15 is 0 Å². The number of hydrogen-bond acceptors (Lipinski definition) is 3. The number of rotatable bonds is 8. The number of nitrogens with two attached hydrogens (primary N) is 1. The summed E-state index contributed by atoms with van der Waals surface area (Å²) in [6.45, 7) is 8.61. The van der Waals surface area contributed by atoms with E-state index in [0.29, 0.717) is 4.99 Å². The lowest BCUT2D eigenvalue weighted by atomic mass is 10.1. The second-order valence-electron chi connectivity index (χ2n) is 4.36. The first-order chi connectivity index (χ1) is 9.08. The zero-order chi connectivity index (χ0) is 14.3. The van der Waals surface area contributed by atoms with Crippen molar-refractivity contribution in [1.82, 2.24) is 4.90 Å². The van der Waals surface area contributed by atoms with Crippen LogP contribution < -0.4 is 11.1 Å². The van der Waals surface area contributed by atoms with Crippen LogP contribution in [0.1, 0.15) is 25.8 Å². The number of nitrogens with one attached hydrogen (secondary N) is 1. The van der Waals surface area contributed by atoms with Gasteiger partial charge in [-0.15, -0.1) is 0 Å². The highest BCUT2D eigenvalue weighted by Gasteiger charge is 2.05. The third-order valence-electron chi connectivity index (χ3n) is 3.11. The monoisotopic (exact) mass is 343 g/mol. The van der Waals surface area contributed by atoms with Crippen LogP contribution in [0.5, 0.6) is 0 Å². The molecule has 0 aliphatic heterocycles. The molecule has 5 heteroatoms. The van der Waals surface area contributed by atoms with Crippen LogP contribution in [-0.4, -0.2) is 36.1 Å². The highest BCUT2D eigenvalue weighted by atomic mass is 79.9. The standard InChI is InChI=1S/C14H22BrN3S/c1-3-18(4-2)9-5-8-17-13-10-11(15)6-7-12(13)14(16)19/h6-7,10,17H,3-5,8-9H2,1-2H3,(H2,16,19). The number of thiocarbonyl (C=S) groups is 1. The van der Waals surface area contributed by atoms with Crippen LogP contribution in [0.3, 0.4) is 0 Å². The normalized spacial score (nSPS) is 10.7. The molecule has 0 aliphatic rings. The van der Waals surface area contributed by atoms with Crippen molar-refractivity contribution < 1.29 is 0 Å². The van der Waals surface area contributed by atoms with Gasteiger partial charge in [0.05, 0.1) is 0 Å². The van der Waals surface area contributed by atoms with Gasteiger partial charge in [-0.2, -0.15) is 0 Å². The molecule has 0 fully saturated rings. The van der Waals surface area contributed by atoms with Gasteiger partial charge in [-0.3, -0.25) is 0 Å². The molecule has 0 unspecified atom stereocenters. The predicted octanol–water partition coefficient (Wildman–Crippen LogP) is 3.23. The average molecular weight is 344 g/mol. The molecular weight excluding hydrogens is 322 g/mol. The molecule has 0 heterocycles. The highest BCUT2D eigenvalue weighted by Crippen LogP contribution is 2.21. The minimum Gasteiger partial charge on any atom is -0.389 e. The average Bonchev–Trinajstić information content (AvgIpc) is 2.38. The van der Waals surface area contributed by atoms with Crippen molar-refractivity contribution in [3.63, 3.8) is 0 Å². The van der Waals surface area contributed by atoms with Crippen molar-refractivity contribution in [2.24, 2.45) is 5.73 Å². The second-order valence-corrected chi connectivity index (χ2v) is 5.72. The zero-order valence-electron chi connectivity index (χ0n) is 11.6. The Morgan fingerprint density at radius 2 is 2.05 bits per heavy atom. The van der Waals surface area contributed by atoms with Gasteiger partial charge in [0.2, 0.25) is 0 Å². The van der Waals surface area contributed by atoms with Crippen molar-refractivity contribution in [3.8, 4) is 0 Å². The van der Waals surface area contributed by atoms with Crippen LogP contribution in [0.2, 0.25) is 0 Å². The lowest BCUT2D eigenvalue weighted by Crippen LogP contribution is -2.25. The highest BCUT2D eigenvalue weighted by molar-refractivity contribution is 9.10. The molecule has 1 rings (SSSR count). The van der Waals surface area contributed by atoms with Crippen molar-refractivity contribution in [3.05, 3.63) is 28.2 Å². The molecule has 0 aliphatic carbocycles. The Balaban J connectivity index is 2.53. The second kappa shape index (κ2) is 8.51. The summed E-state index contributed by atoms with van der Waals surface area (Å²) in [7, 11) is 0. The SMILES string of the molecule is CCN(CC)CCCNc1cc(Br)ccc1C(N)=S. The Kier molecular flexibility index (Phi) is 7.34. The summed E-state index contributed by atoms with van der Waals surface area (Å²) in [6, 6.07) is 5.92. The van der Waals surface area contributed by atoms with Gasteiger partial charge >= 0.3 is 0 Å². The van der Waals surface area contributed by atoms with Gasteiger partial charge in [0.1, 0.15) is 4.99 Å². The third-order valence-corrected chi connectivity index (χ3v) is 3.82. The smallest absolute Gasteiger partial charge is 0.106 e. The van der Waals surface area contributed by atoms with Gasteiger partial charge in [0.15, 0.2) is 0 Å². The number of hydrogen-bond donors (Lipinski definition) is 2. The number of anilines is 1. The van der Waals surface area contributed by atoms with E-state index < -0.39 is 0 Å². The summed E-state index contributed by atoms with van der Waals surface area (Å²) >= 11 is 8.53. The maximum Gasteiger partial charge on any atom is 0.106 e. The van der Waals surface area contributed by atoms with Crippen LogP contribution in [-0.2, 0) is 0 Å². The maximum atomic E-state index is 5.73. The molecule has 106 valence electrons. The van der Waals surface area contributed by atoms with E-state index in [1.165, 1.54) is 0 Å². The first kappa shape index (κ1) is 16.4. The molecule has 0 amide bonds. The van der Waals surface area contributed by atoms with Crippen molar-refractivity contribution >= 4 is 38.8 Å². The molecule has 0 radical (unpaired) electrons. The first-order valence-electron chi connectivity index (χ1n) is 6.64. The van der Waals surface area contributed by atoms with Crippen molar-refractivity contribution in [1.29, 1.82) is 0 Å². The van der Waals surface area contributed by atoms with Crippen LogP contribution in [0, 0.1) is 0 Å². The Morgan fingerprint density at radius 1 is 1.37 bits per heavy atom. The van der Waals surface area contributed by atoms with E-state index in [-0.39, 0.29) is 0 Å². The third kappa shape index (κ3) is 5.47. The number of halogens is 1. The van der Waals surface area contributed by atoms with E-state index in [1.54, 1.807) is 0 Å². The maximum absolute atomic E-state index is 5.73. The molecule has 0 aromatic heterocycles. The lowest BCUT2D eigenvalue weighted by Gasteiger charge is -2.18. The van der Waals surface area contributed by atoms with Gasteiger partial charge in [0, 0.05) is 22.3 Å². The van der Waals surface area contributed by atoms with Crippen LogP contribution >= 0.6 is 28.1 Å². The summed E-state index contributed by atoms with van der Waals surface area (Å²) in [5, 5.41) is 3.41. The zero-order valence-corrected chi connectivity index (χ0v) is 14.0. The molecule has 0 saturated heterocycles. The fraction of sp³-hybridized carbons (Fsp3) is 0.500. The van der Waals surface area contributed by atoms with E-state index in [9.17, 15) is 0 Å². The molecule has 0 spiro atoms. The van der Waals surface area contributed by atoms with Gasteiger partial charge in [-0.1, -0.05) is 42.0 Å². The fourth-order valence-corrected chi connectivity index (χ4v) is 2.48. The molecule has 0 saturated carbocycles.